The van der Waals surface area contributed by atoms with E-state index in [1.807, 2.05) is 42.5 Å². The van der Waals surface area contributed by atoms with Gasteiger partial charge in [-0.1, -0.05) is 12.1 Å². The number of rotatable bonds is 5. The molecule has 30 heavy (non-hydrogen) atoms. The number of para-hydroxylation sites is 1. The molecule has 3 aromatic rings. The molecule has 2 heterocycles. The molecule has 1 fully saturated rings. The average molecular weight is 397 g/mol. The Morgan fingerprint density at radius 1 is 0.967 bits per heavy atom. The number of pyridine rings is 1. The second kappa shape index (κ2) is 9.10. The van der Waals surface area contributed by atoms with Crippen LogP contribution in [-0.2, 0) is 0 Å². The molecule has 0 spiro atoms. The summed E-state index contributed by atoms with van der Waals surface area (Å²) in [5, 5.41) is 15.3. The van der Waals surface area contributed by atoms with Gasteiger partial charge >= 0.3 is 0 Å². The van der Waals surface area contributed by atoms with Gasteiger partial charge in [0.05, 0.1) is 11.3 Å². The highest BCUT2D eigenvalue weighted by Gasteiger charge is 2.12. The van der Waals surface area contributed by atoms with Gasteiger partial charge in [-0.2, -0.15) is 5.26 Å². The number of nitrogens with one attached hydrogen (secondary N) is 2. The fourth-order valence-corrected chi connectivity index (χ4v) is 3.58. The van der Waals surface area contributed by atoms with Crippen LogP contribution in [0.25, 0.3) is 0 Å². The first-order valence-corrected chi connectivity index (χ1v) is 10.1. The maximum absolute atomic E-state index is 12.7. The summed E-state index contributed by atoms with van der Waals surface area (Å²) in [7, 11) is 0. The van der Waals surface area contributed by atoms with E-state index < -0.39 is 0 Å². The predicted octanol–water partition coefficient (Wildman–Crippen LogP) is 4.94. The third-order valence-corrected chi connectivity index (χ3v) is 5.17. The molecule has 1 aromatic heterocycles. The summed E-state index contributed by atoms with van der Waals surface area (Å²) < 4.78 is 0. The maximum atomic E-state index is 12.7. The standard InChI is InChI=1S/C24H23N5O/c25-17-18-6-2-3-7-22(18)27-20-12-13-26-23(16-20)24(30)28-19-8-10-21(11-9-19)29-14-4-1-5-15-29/h2-3,6-13,16H,1,4-5,14-15H2,(H,26,27)(H,28,30). The van der Waals surface area contributed by atoms with Gasteiger partial charge in [0.2, 0.25) is 0 Å². The van der Waals surface area contributed by atoms with Crippen molar-refractivity contribution in [3.8, 4) is 6.07 Å². The molecule has 150 valence electrons. The summed E-state index contributed by atoms with van der Waals surface area (Å²) in [4.78, 5) is 19.2. The van der Waals surface area contributed by atoms with Crippen molar-refractivity contribution in [2.75, 3.05) is 28.6 Å². The predicted molar refractivity (Wildman–Crippen MR) is 119 cm³/mol. The van der Waals surface area contributed by atoms with Crippen molar-refractivity contribution in [2.24, 2.45) is 0 Å². The van der Waals surface area contributed by atoms with Gasteiger partial charge in [-0.05, 0) is 67.8 Å². The summed E-state index contributed by atoms with van der Waals surface area (Å²) >= 11 is 0. The Bertz CT molecular complexity index is 1070. The largest absolute Gasteiger partial charge is 0.372 e. The van der Waals surface area contributed by atoms with Crippen LogP contribution in [0.4, 0.5) is 22.7 Å². The first-order valence-electron chi connectivity index (χ1n) is 10.1. The molecular formula is C24H23N5O. The number of nitrogens with zero attached hydrogens (tertiary/aromatic N) is 3. The lowest BCUT2D eigenvalue weighted by Crippen LogP contribution is -2.29. The number of carbonyl (C=O) groups is 1. The van der Waals surface area contributed by atoms with E-state index >= 15 is 0 Å². The first kappa shape index (κ1) is 19.5. The fourth-order valence-electron chi connectivity index (χ4n) is 3.58. The SMILES string of the molecule is N#Cc1ccccc1Nc1ccnc(C(=O)Nc2ccc(N3CCCCC3)cc2)c1. The summed E-state index contributed by atoms with van der Waals surface area (Å²) in [6.07, 6.45) is 5.33. The van der Waals surface area contributed by atoms with E-state index in [0.717, 1.165) is 18.8 Å². The summed E-state index contributed by atoms with van der Waals surface area (Å²) in [5.74, 6) is -0.280. The van der Waals surface area contributed by atoms with Crippen molar-refractivity contribution >= 4 is 28.7 Å². The van der Waals surface area contributed by atoms with Gasteiger partial charge in [0.15, 0.2) is 0 Å². The molecule has 2 N–H and O–H groups in total. The lowest BCUT2D eigenvalue weighted by Gasteiger charge is -2.28. The Kier molecular flexibility index (Phi) is 5.90. The van der Waals surface area contributed by atoms with E-state index in [-0.39, 0.29) is 5.91 Å². The van der Waals surface area contributed by atoms with E-state index in [0.29, 0.717) is 22.6 Å². The van der Waals surface area contributed by atoms with Crippen LogP contribution < -0.4 is 15.5 Å². The minimum Gasteiger partial charge on any atom is -0.372 e. The second-order valence-corrected chi connectivity index (χ2v) is 7.26. The molecule has 1 aliphatic rings. The van der Waals surface area contributed by atoms with E-state index in [1.54, 1.807) is 24.4 Å². The lowest BCUT2D eigenvalue weighted by molar-refractivity contribution is 0.102. The smallest absolute Gasteiger partial charge is 0.274 e. The van der Waals surface area contributed by atoms with E-state index in [1.165, 1.54) is 24.9 Å². The van der Waals surface area contributed by atoms with Crippen molar-refractivity contribution in [2.45, 2.75) is 19.3 Å². The second-order valence-electron chi connectivity index (χ2n) is 7.26. The first-order chi connectivity index (χ1) is 14.7. The number of hydrogen-bond acceptors (Lipinski definition) is 5. The van der Waals surface area contributed by atoms with Gasteiger partial charge in [0, 0.05) is 36.3 Å². The van der Waals surface area contributed by atoms with Crippen LogP contribution in [0.2, 0.25) is 0 Å². The van der Waals surface area contributed by atoms with Crippen LogP contribution in [0.3, 0.4) is 0 Å². The Balaban J connectivity index is 1.43. The van der Waals surface area contributed by atoms with Crippen molar-refractivity contribution in [3.63, 3.8) is 0 Å². The van der Waals surface area contributed by atoms with E-state index in [2.05, 4.69) is 26.6 Å². The van der Waals surface area contributed by atoms with Gasteiger partial charge in [-0.25, -0.2) is 0 Å². The number of aromatic nitrogens is 1. The van der Waals surface area contributed by atoms with Crippen molar-refractivity contribution in [1.82, 2.24) is 4.98 Å². The number of piperidine rings is 1. The Labute approximate surface area is 176 Å². The molecule has 1 amide bonds. The molecule has 4 rings (SSSR count). The number of benzene rings is 2. The normalized spacial score (nSPS) is 13.4. The highest BCUT2D eigenvalue weighted by atomic mass is 16.1. The summed E-state index contributed by atoms with van der Waals surface area (Å²) in [6, 6.07) is 20.8. The van der Waals surface area contributed by atoms with Crippen LogP contribution in [0.1, 0.15) is 35.3 Å². The quantitative estimate of drug-likeness (QED) is 0.637. The molecule has 1 saturated heterocycles. The van der Waals surface area contributed by atoms with Crippen molar-refractivity contribution in [1.29, 1.82) is 5.26 Å². The summed E-state index contributed by atoms with van der Waals surface area (Å²) in [6.45, 7) is 2.18. The minimum absolute atomic E-state index is 0.280. The molecule has 6 heteroatoms. The zero-order valence-electron chi connectivity index (χ0n) is 16.6. The van der Waals surface area contributed by atoms with Crippen LogP contribution in [0.15, 0.2) is 66.9 Å². The molecule has 1 aliphatic heterocycles. The molecule has 0 bridgehead atoms. The lowest BCUT2D eigenvalue weighted by atomic mass is 10.1. The van der Waals surface area contributed by atoms with E-state index in [4.69, 9.17) is 0 Å². The monoisotopic (exact) mass is 397 g/mol. The summed E-state index contributed by atoms with van der Waals surface area (Å²) in [5.41, 5.74) is 4.14. The van der Waals surface area contributed by atoms with Crippen molar-refractivity contribution in [3.05, 3.63) is 78.1 Å². The van der Waals surface area contributed by atoms with Gasteiger partial charge in [-0.3, -0.25) is 9.78 Å². The molecule has 0 unspecified atom stereocenters. The zero-order chi connectivity index (χ0) is 20.8. The van der Waals surface area contributed by atoms with Crippen molar-refractivity contribution < 1.29 is 4.79 Å². The number of amides is 1. The number of hydrogen-bond donors (Lipinski definition) is 2. The number of anilines is 4. The van der Waals surface area contributed by atoms with Gasteiger partial charge in [0.1, 0.15) is 11.8 Å². The fraction of sp³-hybridized carbons (Fsp3) is 0.208. The zero-order valence-corrected chi connectivity index (χ0v) is 16.6. The van der Waals surface area contributed by atoms with Crippen LogP contribution in [0, 0.1) is 11.3 Å². The Hall–Kier alpha value is -3.85. The number of nitriles is 1. The Morgan fingerprint density at radius 3 is 2.50 bits per heavy atom. The minimum atomic E-state index is -0.280. The Morgan fingerprint density at radius 2 is 1.73 bits per heavy atom. The number of carbonyl (C=O) groups excluding carboxylic acids is 1. The van der Waals surface area contributed by atoms with E-state index in [9.17, 15) is 10.1 Å². The molecular weight excluding hydrogens is 374 g/mol. The van der Waals surface area contributed by atoms with Gasteiger partial charge in [0.25, 0.3) is 5.91 Å². The van der Waals surface area contributed by atoms with Gasteiger partial charge < -0.3 is 15.5 Å². The molecule has 0 atom stereocenters. The third kappa shape index (κ3) is 4.58. The van der Waals surface area contributed by atoms with Crippen LogP contribution in [-0.4, -0.2) is 24.0 Å². The van der Waals surface area contributed by atoms with Crippen LogP contribution >= 0.6 is 0 Å². The van der Waals surface area contributed by atoms with Crippen LogP contribution in [0.5, 0.6) is 0 Å². The molecule has 2 aromatic carbocycles. The molecule has 0 saturated carbocycles. The topological polar surface area (TPSA) is 81.0 Å². The highest BCUT2D eigenvalue weighted by molar-refractivity contribution is 6.03. The molecule has 0 radical (unpaired) electrons. The molecule has 6 nitrogen and oxygen atoms in total. The average Bonchev–Trinajstić information content (AvgIpc) is 2.81. The highest BCUT2D eigenvalue weighted by Crippen LogP contribution is 2.23. The van der Waals surface area contributed by atoms with Gasteiger partial charge in [-0.15, -0.1) is 0 Å². The third-order valence-electron chi connectivity index (χ3n) is 5.17. The molecule has 0 aliphatic carbocycles. The maximum Gasteiger partial charge on any atom is 0.274 e.